The van der Waals surface area contributed by atoms with Gasteiger partial charge in [0, 0.05) is 36.7 Å². The van der Waals surface area contributed by atoms with Gasteiger partial charge in [-0.1, -0.05) is 37.6 Å². The minimum Gasteiger partial charge on any atom is -0.355 e. The lowest BCUT2D eigenvalue weighted by molar-refractivity contribution is -0.137. The van der Waals surface area contributed by atoms with Gasteiger partial charge >= 0.3 is 6.18 Å². The van der Waals surface area contributed by atoms with Crippen molar-refractivity contribution < 1.29 is 18.0 Å². The van der Waals surface area contributed by atoms with Crippen molar-refractivity contribution in [1.82, 2.24) is 20.2 Å². The Morgan fingerprint density at radius 3 is 2.56 bits per heavy atom. The fraction of sp³-hybridized carbons (Fsp3) is 0.391. The van der Waals surface area contributed by atoms with Crippen LogP contribution in [0.15, 0.2) is 36.5 Å². The number of pyridine rings is 1. The summed E-state index contributed by atoms with van der Waals surface area (Å²) in [5.74, 6) is 1.39. The number of benzene rings is 1. The van der Waals surface area contributed by atoms with Gasteiger partial charge in [-0.25, -0.2) is 9.97 Å². The van der Waals surface area contributed by atoms with Crippen LogP contribution in [-0.4, -0.2) is 39.2 Å². The fourth-order valence-electron chi connectivity index (χ4n) is 3.85. The lowest BCUT2D eigenvalue weighted by Crippen LogP contribution is -2.38. The summed E-state index contributed by atoms with van der Waals surface area (Å²) in [5.41, 5.74) is 0.454. The van der Waals surface area contributed by atoms with E-state index in [4.69, 9.17) is 11.6 Å². The van der Waals surface area contributed by atoms with E-state index in [0.29, 0.717) is 43.3 Å². The van der Waals surface area contributed by atoms with Crippen LogP contribution in [0, 0.1) is 5.92 Å². The lowest BCUT2D eigenvalue weighted by Gasteiger charge is -2.32. The van der Waals surface area contributed by atoms with Crippen molar-refractivity contribution >= 4 is 29.0 Å². The number of carbonyl (C=O) groups is 1. The highest BCUT2D eigenvalue weighted by Gasteiger charge is 2.33. The van der Waals surface area contributed by atoms with Crippen molar-refractivity contribution in [3.63, 3.8) is 0 Å². The number of rotatable bonds is 5. The van der Waals surface area contributed by atoms with E-state index in [0.717, 1.165) is 23.7 Å². The molecule has 4 rings (SSSR count). The molecule has 34 heavy (non-hydrogen) atoms. The summed E-state index contributed by atoms with van der Waals surface area (Å²) in [6.07, 6.45) is -2.68. The zero-order valence-corrected chi connectivity index (χ0v) is 19.4. The second-order valence-corrected chi connectivity index (χ2v) is 8.93. The third-order valence-corrected chi connectivity index (χ3v) is 6.07. The van der Waals surface area contributed by atoms with Gasteiger partial charge in [0.2, 0.25) is 5.91 Å². The molecule has 0 bridgehead atoms. The summed E-state index contributed by atoms with van der Waals surface area (Å²) in [5, 5.41) is 10.1. The first-order valence-electron chi connectivity index (χ1n) is 10.9. The number of nitrogens with zero attached hydrogens (tertiary/aromatic N) is 4. The largest absolute Gasteiger partial charge is 0.417 e. The van der Waals surface area contributed by atoms with Crippen LogP contribution in [0.5, 0.6) is 0 Å². The predicted molar refractivity (Wildman–Crippen MR) is 124 cm³/mol. The number of para-hydroxylation sites is 1. The number of alkyl halides is 3. The summed E-state index contributed by atoms with van der Waals surface area (Å²) in [4.78, 5) is 23.2. The number of amides is 1. The van der Waals surface area contributed by atoms with Crippen LogP contribution >= 0.6 is 11.6 Å². The van der Waals surface area contributed by atoms with E-state index in [1.807, 2.05) is 32.0 Å². The van der Waals surface area contributed by atoms with Crippen molar-refractivity contribution in [2.75, 3.05) is 23.3 Å². The van der Waals surface area contributed by atoms with E-state index in [1.54, 1.807) is 11.0 Å². The zero-order valence-electron chi connectivity index (χ0n) is 18.7. The van der Waals surface area contributed by atoms with Crippen LogP contribution in [0.25, 0.3) is 11.4 Å². The number of H-pyrrole nitrogens is 1. The summed E-state index contributed by atoms with van der Waals surface area (Å²) < 4.78 is 38.6. The number of aromatic amines is 1. The van der Waals surface area contributed by atoms with Gasteiger partial charge in [0.05, 0.1) is 16.3 Å². The van der Waals surface area contributed by atoms with Crippen molar-refractivity contribution in [1.29, 1.82) is 0 Å². The first kappa shape index (κ1) is 24.0. The topological polar surface area (TPSA) is 86.8 Å². The van der Waals surface area contributed by atoms with Gasteiger partial charge in [0.15, 0.2) is 5.82 Å². The summed E-state index contributed by atoms with van der Waals surface area (Å²) >= 11 is 6.07. The normalized spacial score (nSPS) is 15.1. The van der Waals surface area contributed by atoms with E-state index in [2.05, 4.69) is 25.5 Å². The Morgan fingerprint density at radius 1 is 1.24 bits per heavy atom. The number of piperidine rings is 1. The molecule has 0 radical (unpaired) electrons. The molecule has 11 heteroatoms. The molecule has 180 valence electrons. The Balaban J connectivity index is 1.41. The van der Waals surface area contributed by atoms with Crippen LogP contribution in [0.4, 0.5) is 24.7 Å². The van der Waals surface area contributed by atoms with Crippen LogP contribution in [0.1, 0.15) is 44.0 Å². The minimum atomic E-state index is -4.50. The molecular formula is C23H24ClF3N6O. The van der Waals surface area contributed by atoms with Crippen LogP contribution in [-0.2, 0) is 11.0 Å². The molecule has 0 aliphatic carbocycles. The Morgan fingerprint density at radius 2 is 1.94 bits per heavy atom. The number of hydrogen-bond donors (Lipinski definition) is 2. The Labute approximate surface area is 199 Å². The second kappa shape index (κ2) is 9.61. The fourth-order valence-corrected chi connectivity index (χ4v) is 4.13. The molecule has 0 unspecified atom stereocenters. The van der Waals surface area contributed by atoms with Crippen LogP contribution in [0.3, 0.4) is 0 Å². The average molecular weight is 493 g/mol. The molecule has 3 aromatic rings. The molecule has 1 saturated heterocycles. The number of carbonyl (C=O) groups excluding carboxylic acids is 1. The summed E-state index contributed by atoms with van der Waals surface area (Å²) in [6, 6.07) is 8.22. The zero-order chi connectivity index (χ0) is 24.5. The number of halogens is 4. The van der Waals surface area contributed by atoms with Gasteiger partial charge in [0.25, 0.3) is 0 Å². The van der Waals surface area contributed by atoms with E-state index in [-0.39, 0.29) is 22.8 Å². The first-order valence-corrected chi connectivity index (χ1v) is 11.3. The Kier molecular flexibility index (Phi) is 6.79. The highest BCUT2D eigenvalue weighted by molar-refractivity contribution is 6.33. The maximum atomic E-state index is 13.0. The lowest BCUT2D eigenvalue weighted by atomic mass is 9.95. The maximum Gasteiger partial charge on any atom is 0.417 e. The minimum absolute atomic E-state index is 0.0566. The average Bonchev–Trinajstić information content (AvgIpc) is 3.29. The van der Waals surface area contributed by atoms with Gasteiger partial charge in [-0.05, 0) is 31.0 Å². The molecule has 7 nitrogen and oxygen atoms in total. The third-order valence-electron chi connectivity index (χ3n) is 5.79. The van der Waals surface area contributed by atoms with E-state index >= 15 is 0 Å². The molecule has 0 saturated carbocycles. The van der Waals surface area contributed by atoms with Gasteiger partial charge in [0.1, 0.15) is 11.6 Å². The van der Waals surface area contributed by atoms with Gasteiger partial charge in [-0.3, -0.25) is 9.89 Å². The molecule has 1 amide bonds. The van der Waals surface area contributed by atoms with Gasteiger partial charge in [-0.2, -0.15) is 18.3 Å². The number of anilines is 2. The summed E-state index contributed by atoms with van der Waals surface area (Å²) in [6.45, 7) is 4.93. The molecule has 1 fully saturated rings. The SMILES string of the molecule is CC(C)c1nc(-c2ccccc2NC(=O)C2CCN(c3ncc(C(F)(F)F)cc3Cl)CC2)n[nH]1. The van der Waals surface area contributed by atoms with Gasteiger partial charge < -0.3 is 10.2 Å². The molecule has 1 aromatic carbocycles. The monoisotopic (exact) mass is 492 g/mol. The molecule has 1 aliphatic heterocycles. The first-order chi connectivity index (χ1) is 16.1. The quantitative estimate of drug-likeness (QED) is 0.490. The second-order valence-electron chi connectivity index (χ2n) is 8.52. The maximum absolute atomic E-state index is 13.0. The Hall–Kier alpha value is -3.14. The third kappa shape index (κ3) is 5.16. The number of aromatic nitrogens is 4. The van der Waals surface area contributed by atoms with Gasteiger partial charge in [-0.15, -0.1) is 0 Å². The van der Waals surface area contributed by atoms with Crippen molar-refractivity contribution in [3.05, 3.63) is 52.9 Å². The molecule has 1 aliphatic rings. The molecule has 0 atom stereocenters. The standard InChI is InChI=1S/C23H24ClF3N6O/c1-13(2)19-30-20(32-31-19)16-5-3-4-6-18(16)29-22(34)14-7-9-33(10-8-14)21-17(24)11-15(12-28-21)23(25,26)27/h3-6,11-14H,7-10H2,1-2H3,(H,29,34)(H,30,31,32). The Bertz CT molecular complexity index is 1170. The van der Waals surface area contributed by atoms with E-state index in [9.17, 15) is 18.0 Å². The van der Waals surface area contributed by atoms with E-state index in [1.165, 1.54) is 0 Å². The molecule has 2 aromatic heterocycles. The molecule has 3 heterocycles. The van der Waals surface area contributed by atoms with Crippen LogP contribution < -0.4 is 10.2 Å². The molecular weight excluding hydrogens is 469 g/mol. The number of nitrogens with one attached hydrogen (secondary N) is 2. The predicted octanol–water partition coefficient (Wildman–Crippen LogP) is 5.52. The number of hydrogen-bond acceptors (Lipinski definition) is 5. The van der Waals surface area contributed by atoms with Crippen molar-refractivity contribution in [2.45, 2.75) is 38.8 Å². The highest BCUT2D eigenvalue weighted by Crippen LogP contribution is 2.35. The van der Waals surface area contributed by atoms with Crippen molar-refractivity contribution in [3.8, 4) is 11.4 Å². The van der Waals surface area contributed by atoms with Crippen molar-refractivity contribution in [2.24, 2.45) is 5.92 Å². The van der Waals surface area contributed by atoms with Crippen LogP contribution in [0.2, 0.25) is 5.02 Å². The highest BCUT2D eigenvalue weighted by atomic mass is 35.5. The molecule has 0 spiro atoms. The molecule has 2 N–H and O–H groups in total. The van der Waals surface area contributed by atoms with E-state index < -0.39 is 11.7 Å². The summed E-state index contributed by atoms with van der Waals surface area (Å²) in [7, 11) is 0. The smallest absolute Gasteiger partial charge is 0.355 e.